The molecule has 0 radical (unpaired) electrons. The Morgan fingerprint density at radius 2 is 1.88 bits per heavy atom. The number of carboxylic acids is 1. The first-order valence-corrected chi connectivity index (χ1v) is 10.5. The van der Waals surface area contributed by atoms with Gasteiger partial charge in [-0.25, -0.2) is 9.78 Å². The molecule has 1 N–H and O–H groups in total. The first kappa shape index (κ1) is 21.1. The molecule has 0 saturated heterocycles. The van der Waals surface area contributed by atoms with E-state index in [4.69, 9.17) is 14.3 Å². The highest BCUT2D eigenvalue weighted by molar-refractivity contribution is 5.85. The molecule has 0 saturated carbocycles. The number of hydrogen-bond donors (Lipinski definition) is 1. The van der Waals surface area contributed by atoms with Crippen LogP contribution in [0.3, 0.4) is 0 Å². The molecule has 0 unspecified atom stereocenters. The van der Waals surface area contributed by atoms with Crippen LogP contribution in [0.25, 0.3) is 33.5 Å². The van der Waals surface area contributed by atoms with Crippen molar-refractivity contribution in [2.75, 3.05) is 0 Å². The minimum absolute atomic E-state index is 0.267. The summed E-state index contributed by atoms with van der Waals surface area (Å²) < 4.78 is 12.6. The number of furan rings is 1. The molecule has 5 aromatic rings. The van der Waals surface area contributed by atoms with Gasteiger partial charge in [0.05, 0.1) is 17.1 Å². The second kappa shape index (κ2) is 8.67. The van der Waals surface area contributed by atoms with Crippen LogP contribution in [0.15, 0.2) is 93.2 Å². The van der Waals surface area contributed by atoms with Crippen molar-refractivity contribution in [3.8, 4) is 17.3 Å². The molecule has 2 aromatic heterocycles. The number of carbonyl (C=O) groups is 1. The topological polar surface area (TPSA) is 107 Å². The van der Waals surface area contributed by atoms with Crippen molar-refractivity contribution >= 4 is 34.1 Å². The van der Waals surface area contributed by atoms with E-state index in [2.05, 4.69) is 10.1 Å². The molecule has 8 heteroatoms. The Kier molecular flexibility index (Phi) is 5.39. The number of aromatic nitrogens is 2. The summed E-state index contributed by atoms with van der Waals surface area (Å²) >= 11 is 0. The van der Waals surface area contributed by atoms with Crippen LogP contribution >= 0.6 is 0 Å². The second-order valence-corrected chi connectivity index (χ2v) is 7.63. The van der Waals surface area contributed by atoms with Gasteiger partial charge in [0.1, 0.15) is 11.3 Å². The summed E-state index contributed by atoms with van der Waals surface area (Å²) in [4.78, 5) is 29.1. The third kappa shape index (κ3) is 4.04. The summed E-state index contributed by atoms with van der Waals surface area (Å²) in [6, 6.07) is 23.2. The van der Waals surface area contributed by atoms with Crippen LogP contribution in [0.1, 0.15) is 12.5 Å². The molecule has 2 heterocycles. The van der Waals surface area contributed by atoms with Crippen molar-refractivity contribution in [2.24, 2.45) is 5.10 Å². The summed E-state index contributed by atoms with van der Waals surface area (Å²) in [5, 5.41) is 14.8. The minimum Gasteiger partial charge on any atom is -0.479 e. The zero-order valence-corrected chi connectivity index (χ0v) is 18.1. The van der Waals surface area contributed by atoms with E-state index in [1.54, 1.807) is 42.5 Å². The Bertz CT molecular complexity index is 1580. The normalized spacial score (nSPS) is 12.4. The zero-order valence-electron chi connectivity index (χ0n) is 18.1. The molecule has 34 heavy (non-hydrogen) atoms. The van der Waals surface area contributed by atoms with Gasteiger partial charge in [0, 0.05) is 5.39 Å². The maximum absolute atomic E-state index is 13.3. The van der Waals surface area contributed by atoms with Gasteiger partial charge in [-0.15, -0.1) is 0 Å². The van der Waals surface area contributed by atoms with Gasteiger partial charge < -0.3 is 14.3 Å². The van der Waals surface area contributed by atoms with Crippen LogP contribution in [0.2, 0.25) is 0 Å². The minimum atomic E-state index is -1.07. The summed E-state index contributed by atoms with van der Waals surface area (Å²) in [5.41, 5.74) is 1.48. The van der Waals surface area contributed by atoms with Crippen molar-refractivity contribution < 1.29 is 19.1 Å². The third-order valence-corrected chi connectivity index (χ3v) is 5.24. The lowest BCUT2D eigenvalue weighted by Crippen LogP contribution is -2.22. The monoisotopic (exact) mass is 453 g/mol. The van der Waals surface area contributed by atoms with Crippen LogP contribution in [0, 0.1) is 0 Å². The van der Waals surface area contributed by atoms with E-state index >= 15 is 0 Å². The number of ether oxygens (including phenoxy) is 1. The van der Waals surface area contributed by atoms with E-state index in [-0.39, 0.29) is 11.4 Å². The Hall–Kier alpha value is -4.72. The SMILES string of the molecule is C[C@@H](Oc1cccc(C=Nn2c(-c3cc4ccccc4o3)nc3ccccc3c2=O)c1)C(=O)O. The van der Waals surface area contributed by atoms with Crippen molar-refractivity contribution in [1.82, 2.24) is 9.66 Å². The number of nitrogens with zero attached hydrogens (tertiary/aromatic N) is 3. The highest BCUT2D eigenvalue weighted by Gasteiger charge is 2.16. The first-order chi connectivity index (χ1) is 16.5. The molecule has 8 nitrogen and oxygen atoms in total. The predicted octanol–water partition coefficient (Wildman–Crippen LogP) is 4.54. The van der Waals surface area contributed by atoms with Crippen LogP contribution < -0.4 is 10.3 Å². The molecule has 0 spiro atoms. The number of fused-ring (bicyclic) bond motifs is 2. The number of aliphatic carboxylic acids is 1. The van der Waals surface area contributed by atoms with E-state index in [9.17, 15) is 9.59 Å². The Morgan fingerprint density at radius 1 is 1.09 bits per heavy atom. The number of benzene rings is 3. The first-order valence-electron chi connectivity index (χ1n) is 10.5. The molecule has 0 amide bonds. The molecular weight excluding hydrogens is 434 g/mol. The van der Waals surface area contributed by atoms with Crippen molar-refractivity contribution in [1.29, 1.82) is 0 Å². The van der Waals surface area contributed by atoms with Gasteiger partial charge >= 0.3 is 5.97 Å². The maximum atomic E-state index is 13.3. The number of hydrogen-bond acceptors (Lipinski definition) is 6. The fourth-order valence-electron chi connectivity index (χ4n) is 3.53. The van der Waals surface area contributed by atoms with Crippen molar-refractivity contribution in [3.63, 3.8) is 0 Å². The maximum Gasteiger partial charge on any atom is 0.344 e. The van der Waals surface area contributed by atoms with Gasteiger partial charge in [-0.1, -0.05) is 42.5 Å². The fraction of sp³-hybridized carbons (Fsp3) is 0.0769. The summed E-state index contributed by atoms with van der Waals surface area (Å²) in [6.45, 7) is 1.45. The average Bonchev–Trinajstić information content (AvgIpc) is 3.28. The zero-order chi connectivity index (χ0) is 23.7. The molecule has 0 aliphatic rings. The highest BCUT2D eigenvalue weighted by atomic mass is 16.5. The van der Waals surface area contributed by atoms with Gasteiger partial charge in [-0.2, -0.15) is 9.78 Å². The van der Waals surface area contributed by atoms with E-state index in [1.165, 1.54) is 17.8 Å². The third-order valence-electron chi connectivity index (χ3n) is 5.24. The lowest BCUT2D eigenvalue weighted by molar-refractivity contribution is -0.144. The average molecular weight is 453 g/mol. The molecule has 0 bridgehead atoms. The Balaban J connectivity index is 1.61. The lowest BCUT2D eigenvalue weighted by Gasteiger charge is -2.10. The molecular formula is C26H19N3O5. The predicted molar refractivity (Wildman–Crippen MR) is 128 cm³/mol. The standard InChI is InChI=1S/C26H19N3O5/c1-16(26(31)32)33-19-9-6-7-17(13-19)15-27-29-24(23-14-18-8-2-5-12-22(18)34-23)28-21-11-4-3-10-20(21)25(29)30/h2-16H,1H3,(H,31,32)/t16-/m1/s1. The van der Waals surface area contributed by atoms with Crippen LogP contribution in [-0.4, -0.2) is 33.1 Å². The van der Waals surface area contributed by atoms with Gasteiger partial charge in [0.25, 0.3) is 5.56 Å². The summed E-state index contributed by atoms with van der Waals surface area (Å²) in [6.07, 6.45) is 0.488. The Labute approximate surface area is 193 Å². The molecule has 3 aromatic carbocycles. The Morgan fingerprint density at radius 3 is 2.71 bits per heavy atom. The second-order valence-electron chi connectivity index (χ2n) is 7.63. The lowest BCUT2D eigenvalue weighted by atomic mass is 10.2. The molecule has 0 aliphatic heterocycles. The van der Waals surface area contributed by atoms with Gasteiger partial charge in [0.2, 0.25) is 5.82 Å². The number of rotatable bonds is 6. The molecule has 0 aliphatic carbocycles. The van der Waals surface area contributed by atoms with Crippen LogP contribution in [0.5, 0.6) is 5.75 Å². The molecule has 5 rings (SSSR count). The van der Waals surface area contributed by atoms with E-state index in [0.717, 1.165) is 5.39 Å². The highest BCUT2D eigenvalue weighted by Crippen LogP contribution is 2.27. The van der Waals surface area contributed by atoms with E-state index < -0.39 is 12.1 Å². The fourth-order valence-corrected chi connectivity index (χ4v) is 3.53. The quantitative estimate of drug-likeness (QED) is 0.378. The molecule has 0 fully saturated rings. The molecule has 1 atom stereocenters. The summed E-state index contributed by atoms with van der Waals surface area (Å²) in [5.74, 6) is -0.0136. The summed E-state index contributed by atoms with van der Waals surface area (Å²) in [7, 11) is 0. The van der Waals surface area contributed by atoms with Gasteiger partial charge in [0.15, 0.2) is 11.9 Å². The van der Waals surface area contributed by atoms with Crippen LogP contribution in [-0.2, 0) is 4.79 Å². The van der Waals surface area contributed by atoms with Gasteiger partial charge in [-0.3, -0.25) is 4.79 Å². The van der Waals surface area contributed by atoms with Gasteiger partial charge in [-0.05, 0) is 48.9 Å². The van der Waals surface area contributed by atoms with E-state index in [1.807, 2.05) is 36.4 Å². The smallest absolute Gasteiger partial charge is 0.344 e. The number of para-hydroxylation sites is 2. The van der Waals surface area contributed by atoms with Crippen LogP contribution in [0.4, 0.5) is 0 Å². The van der Waals surface area contributed by atoms with Crippen molar-refractivity contribution in [3.05, 3.63) is 94.8 Å². The van der Waals surface area contributed by atoms with E-state index in [0.29, 0.717) is 33.6 Å². The number of carboxylic acid groups (broad SMARTS) is 1. The molecule has 168 valence electrons. The van der Waals surface area contributed by atoms with Crippen molar-refractivity contribution in [2.45, 2.75) is 13.0 Å². The largest absolute Gasteiger partial charge is 0.479 e.